The smallest absolute Gasteiger partial charge is 0.227 e. The molecule has 0 bridgehead atoms. The molecule has 0 aliphatic carbocycles. The largest absolute Gasteiger partial charge is 0.355 e. The van der Waals surface area contributed by atoms with Gasteiger partial charge in [-0.15, -0.1) is 11.3 Å². The van der Waals surface area contributed by atoms with Crippen molar-refractivity contribution in [3.63, 3.8) is 0 Å². The highest BCUT2D eigenvalue weighted by molar-refractivity contribution is 7.09. The lowest BCUT2D eigenvalue weighted by molar-refractivity contribution is -0.139. The van der Waals surface area contributed by atoms with Crippen LogP contribution in [0.5, 0.6) is 0 Å². The van der Waals surface area contributed by atoms with Crippen LogP contribution in [0.4, 0.5) is 0 Å². The summed E-state index contributed by atoms with van der Waals surface area (Å²) in [6.45, 7) is 4.96. The number of nitrogens with zero attached hydrogens (tertiary/aromatic N) is 2. The van der Waals surface area contributed by atoms with Gasteiger partial charge in [0.15, 0.2) is 0 Å². The van der Waals surface area contributed by atoms with Crippen molar-refractivity contribution in [2.24, 2.45) is 5.92 Å². The molecule has 6 heteroatoms. The molecule has 1 N–H and O–H groups in total. The molecule has 114 valence electrons. The van der Waals surface area contributed by atoms with E-state index >= 15 is 0 Å². The monoisotopic (exact) mass is 307 g/mol. The molecule has 2 aliphatic heterocycles. The zero-order chi connectivity index (χ0) is 14.7. The van der Waals surface area contributed by atoms with Gasteiger partial charge in [0.25, 0.3) is 0 Å². The highest BCUT2D eigenvalue weighted by atomic mass is 32.1. The third kappa shape index (κ3) is 3.63. The molecule has 1 aromatic rings. The summed E-state index contributed by atoms with van der Waals surface area (Å²) in [5, 5.41) is 4.90. The summed E-state index contributed by atoms with van der Waals surface area (Å²) in [6, 6.07) is 4.24. The lowest BCUT2D eigenvalue weighted by Crippen LogP contribution is -2.52. The molecular weight excluding hydrogens is 286 g/mol. The fourth-order valence-electron chi connectivity index (χ4n) is 2.95. The van der Waals surface area contributed by atoms with Gasteiger partial charge >= 0.3 is 0 Å². The van der Waals surface area contributed by atoms with Gasteiger partial charge < -0.3 is 10.2 Å². The van der Waals surface area contributed by atoms with Crippen molar-refractivity contribution in [1.82, 2.24) is 15.1 Å². The number of piperidine rings is 1. The number of thiophene rings is 1. The van der Waals surface area contributed by atoms with E-state index in [1.165, 1.54) is 4.88 Å². The number of carbonyl (C=O) groups is 2. The van der Waals surface area contributed by atoms with Crippen LogP contribution in [0.15, 0.2) is 17.5 Å². The van der Waals surface area contributed by atoms with Crippen LogP contribution in [0.2, 0.25) is 0 Å². The van der Waals surface area contributed by atoms with Gasteiger partial charge in [-0.1, -0.05) is 6.07 Å². The quantitative estimate of drug-likeness (QED) is 0.903. The van der Waals surface area contributed by atoms with E-state index in [0.717, 1.165) is 32.7 Å². The van der Waals surface area contributed by atoms with Crippen molar-refractivity contribution < 1.29 is 9.59 Å². The number of carbonyl (C=O) groups excluding carboxylic acids is 2. The van der Waals surface area contributed by atoms with E-state index in [2.05, 4.69) is 27.7 Å². The van der Waals surface area contributed by atoms with Crippen molar-refractivity contribution in [1.29, 1.82) is 0 Å². The van der Waals surface area contributed by atoms with Gasteiger partial charge in [0, 0.05) is 50.6 Å². The van der Waals surface area contributed by atoms with Crippen LogP contribution in [0.1, 0.15) is 17.7 Å². The highest BCUT2D eigenvalue weighted by Gasteiger charge is 2.30. The van der Waals surface area contributed by atoms with Gasteiger partial charge in [-0.05, 0) is 17.9 Å². The minimum Gasteiger partial charge on any atom is -0.355 e. The molecule has 2 saturated heterocycles. The van der Waals surface area contributed by atoms with Crippen LogP contribution >= 0.6 is 11.3 Å². The second-order valence-corrected chi connectivity index (χ2v) is 6.75. The number of rotatable bonds is 3. The first kappa shape index (κ1) is 14.5. The Balaban J connectivity index is 1.46. The van der Waals surface area contributed by atoms with E-state index in [1.807, 2.05) is 4.90 Å². The summed E-state index contributed by atoms with van der Waals surface area (Å²) >= 11 is 1.78. The molecule has 0 spiro atoms. The van der Waals surface area contributed by atoms with Crippen LogP contribution in [0.25, 0.3) is 0 Å². The van der Waals surface area contributed by atoms with Gasteiger partial charge in [0.2, 0.25) is 11.8 Å². The predicted octanol–water partition coefficient (Wildman–Crippen LogP) is 0.918. The molecule has 21 heavy (non-hydrogen) atoms. The summed E-state index contributed by atoms with van der Waals surface area (Å²) in [5.41, 5.74) is 0. The van der Waals surface area contributed by atoms with Crippen LogP contribution in [0, 0.1) is 5.92 Å². The predicted molar refractivity (Wildman–Crippen MR) is 81.9 cm³/mol. The van der Waals surface area contributed by atoms with Crippen molar-refractivity contribution >= 4 is 23.2 Å². The van der Waals surface area contributed by atoms with Crippen molar-refractivity contribution in [3.8, 4) is 0 Å². The fourth-order valence-corrected chi connectivity index (χ4v) is 3.70. The average molecular weight is 307 g/mol. The first-order valence-corrected chi connectivity index (χ1v) is 8.40. The van der Waals surface area contributed by atoms with Gasteiger partial charge in [0.05, 0.1) is 5.92 Å². The summed E-state index contributed by atoms with van der Waals surface area (Å²) in [4.78, 5) is 29.3. The zero-order valence-electron chi connectivity index (χ0n) is 12.1. The van der Waals surface area contributed by atoms with E-state index in [4.69, 9.17) is 0 Å². The summed E-state index contributed by atoms with van der Waals surface area (Å²) in [6.07, 6.45) is 1.18. The summed E-state index contributed by atoms with van der Waals surface area (Å²) < 4.78 is 0. The van der Waals surface area contributed by atoms with Crippen LogP contribution in [0.3, 0.4) is 0 Å². The SMILES string of the molecule is O=C1CC[C@H](C(=O)N2CCN(Cc3cccs3)CC2)CN1. The minimum absolute atomic E-state index is 0.0217. The maximum atomic E-state index is 12.4. The highest BCUT2D eigenvalue weighted by Crippen LogP contribution is 2.17. The van der Waals surface area contributed by atoms with E-state index in [0.29, 0.717) is 19.4 Å². The Morgan fingerprint density at radius 1 is 1.33 bits per heavy atom. The Morgan fingerprint density at radius 3 is 2.76 bits per heavy atom. The van der Waals surface area contributed by atoms with E-state index in [1.54, 1.807) is 11.3 Å². The van der Waals surface area contributed by atoms with E-state index in [-0.39, 0.29) is 17.7 Å². The van der Waals surface area contributed by atoms with Crippen LogP contribution in [-0.2, 0) is 16.1 Å². The van der Waals surface area contributed by atoms with Gasteiger partial charge in [-0.2, -0.15) is 0 Å². The maximum Gasteiger partial charge on any atom is 0.227 e. The van der Waals surface area contributed by atoms with Crippen molar-refractivity contribution in [3.05, 3.63) is 22.4 Å². The van der Waals surface area contributed by atoms with Gasteiger partial charge in [0.1, 0.15) is 0 Å². The van der Waals surface area contributed by atoms with Gasteiger partial charge in [-0.25, -0.2) is 0 Å². The molecule has 2 amide bonds. The molecule has 5 nitrogen and oxygen atoms in total. The number of hydrogen-bond acceptors (Lipinski definition) is 4. The zero-order valence-corrected chi connectivity index (χ0v) is 12.9. The Morgan fingerprint density at radius 2 is 2.14 bits per heavy atom. The lowest BCUT2D eigenvalue weighted by atomic mass is 9.97. The Labute approximate surface area is 128 Å². The first-order valence-electron chi connectivity index (χ1n) is 7.52. The van der Waals surface area contributed by atoms with Crippen molar-refractivity contribution in [2.45, 2.75) is 19.4 Å². The normalized spacial score (nSPS) is 23.9. The minimum atomic E-state index is -0.0217. The molecule has 2 aliphatic rings. The topological polar surface area (TPSA) is 52.7 Å². The third-order valence-electron chi connectivity index (χ3n) is 4.26. The number of amides is 2. The Kier molecular flexibility index (Phi) is 4.55. The van der Waals surface area contributed by atoms with Crippen molar-refractivity contribution in [2.75, 3.05) is 32.7 Å². The molecular formula is C15H21N3O2S. The first-order chi connectivity index (χ1) is 10.2. The molecule has 3 rings (SSSR count). The second kappa shape index (κ2) is 6.58. The molecule has 0 radical (unpaired) electrons. The number of nitrogens with one attached hydrogen (secondary N) is 1. The molecule has 0 saturated carbocycles. The summed E-state index contributed by atoms with van der Waals surface area (Å²) in [5.74, 6) is 0.261. The Bertz CT molecular complexity index is 485. The lowest BCUT2D eigenvalue weighted by Gasteiger charge is -2.37. The number of hydrogen-bond donors (Lipinski definition) is 1. The molecule has 1 aromatic heterocycles. The second-order valence-electron chi connectivity index (χ2n) is 5.72. The number of piperazine rings is 1. The average Bonchev–Trinajstić information content (AvgIpc) is 3.01. The van der Waals surface area contributed by atoms with E-state index in [9.17, 15) is 9.59 Å². The maximum absolute atomic E-state index is 12.4. The molecule has 0 aromatic carbocycles. The molecule has 3 heterocycles. The molecule has 2 fully saturated rings. The van der Waals surface area contributed by atoms with Crippen LogP contribution < -0.4 is 5.32 Å². The fraction of sp³-hybridized carbons (Fsp3) is 0.600. The Hall–Kier alpha value is -1.40. The molecule has 0 unspecified atom stereocenters. The standard InChI is InChI=1S/C15H21N3O2S/c19-14-4-3-12(10-16-14)15(20)18-7-5-17(6-8-18)11-13-2-1-9-21-13/h1-2,9,12H,3-8,10-11H2,(H,16,19)/t12-/m0/s1. The van der Waals surface area contributed by atoms with E-state index < -0.39 is 0 Å². The summed E-state index contributed by atoms with van der Waals surface area (Å²) in [7, 11) is 0. The molecule has 1 atom stereocenters. The van der Waals surface area contributed by atoms with Gasteiger partial charge in [-0.3, -0.25) is 14.5 Å². The third-order valence-corrected chi connectivity index (χ3v) is 5.12. The van der Waals surface area contributed by atoms with Crippen LogP contribution in [-0.4, -0.2) is 54.3 Å².